The Hall–Kier alpha value is -4.08. The van der Waals surface area contributed by atoms with E-state index in [0.717, 1.165) is 37.9 Å². The van der Waals surface area contributed by atoms with E-state index in [0.29, 0.717) is 12.2 Å². The average molecular weight is 644 g/mol. The predicted molar refractivity (Wildman–Crippen MR) is 183 cm³/mol. The molecule has 0 aromatic heterocycles. The van der Waals surface area contributed by atoms with E-state index in [1.165, 1.54) is 16.7 Å². The Morgan fingerprint density at radius 2 is 1.40 bits per heavy atom. The van der Waals surface area contributed by atoms with Crippen molar-refractivity contribution in [1.29, 1.82) is 0 Å². The largest absolute Gasteiger partial charge is 0.354 e. The molecule has 0 fully saturated rings. The van der Waals surface area contributed by atoms with Gasteiger partial charge in [-0.05, 0) is 74.0 Å². The normalized spacial score (nSPS) is 11.9. The molecule has 4 aromatic rings. The van der Waals surface area contributed by atoms with Gasteiger partial charge in [0.25, 0.3) is 10.0 Å². The molecule has 0 aliphatic rings. The predicted octanol–water partition coefficient (Wildman–Crippen LogP) is 6.39. The summed E-state index contributed by atoms with van der Waals surface area (Å²) < 4.78 is 29.5. The zero-order chi connectivity index (χ0) is 32.4. The van der Waals surface area contributed by atoms with E-state index in [-0.39, 0.29) is 23.8 Å². The number of sulfonamides is 1. The highest BCUT2D eigenvalue weighted by Crippen LogP contribution is 2.27. The van der Waals surface area contributed by atoms with Crippen molar-refractivity contribution in [2.24, 2.45) is 0 Å². The number of rotatable bonds is 14. The van der Waals surface area contributed by atoms with Crippen molar-refractivity contribution in [1.82, 2.24) is 10.2 Å². The van der Waals surface area contributed by atoms with Crippen molar-refractivity contribution in [3.05, 3.63) is 125 Å². The molecule has 4 aromatic carbocycles. The Morgan fingerprint density at radius 3 is 1.98 bits per heavy atom. The third-order valence-electron chi connectivity index (χ3n) is 7.54. The van der Waals surface area contributed by atoms with Gasteiger partial charge in [-0.2, -0.15) is 0 Å². The maximum Gasteiger partial charge on any atom is 0.264 e. The van der Waals surface area contributed by atoms with Gasteiger partial charge in [-0.15, -0.1) is 11.8 Å². The second-order valence-electron chi connectivity index (χ2n) is 11.0. The Balaban J connectivity index is 1.78. The van der Waals surface area contributed by atoms with E-state index in [9.17, 15) is 18.0 Å². The molecule has 4 rings (SSSR count). The van der Waals surface area contributed by atoms with E-state index in [1.807, 2.05) is 93.8 Å². The Kier molecular flexibility index (Phi) is 11.8. The monoisotopic (exact) mass is 643 g/mol. The molecule has 0 spiro atoms. The van der Waals surface area contributed by atoms with Crippen LogP contribution in [0.1, 0.15) is 35.6 Å². The molecule has 0 aliphatic carbocycles. The summed E-state index contributed by atoms with van der Waals surface area (Å²) in [7, 11) is -4.14. The summed E-state index contributed by atoms with van der Waals surface area (Å²) in [5.74, 6) is -0.758. The second-order valence-corrected chi connectivity index (χ2v) is 13.8. The molecule has 1 N–H and O–H groups in total. The standard InChI is InChI=1S/C36H41N3O4S2/c1-5-23-37-36(41)34(24-29-9-7-6-8-10-29)38(25-30-15-11-27(2)12-16-30)35(40)26-39(31-17-13-28(3)14-18-31)45(42,43)33-21-19-32(44-4)20-22-33/h6-22,34H,5,23-26H2,1-4H3,(H,37,41). The smallest absolute Gasteiger partial charge is 0.264 e. The first-order valence-electron chi connectivity index (χ1n) is 15.0. The molecule has 0 aliphatic heterocycles. The van der Waals surface area contributed by atoms with Gasteiger partial charge in [0.05, 0.1) is 10.6 Å². The molecule has 0 saturated heterocycles. The molecule has 1 atom stereocenters. The fourth-order valence-corrected chi connectivity index (χ4v) is 6.75. The zero-order valence-electron chi connectivity index (χ0n) is 26.3. The number of carbonyl (C=O) groups excluding carboxylic acids is 2. The summed E-state index contributed by atoms with van der Waals surface area (Å²) in [6.07, 6.45) is 2.94. The third-order valence-corrected chi connectivity index (χ3v) is 10.1. The number of anilines is 1. The van der Waals surface area contributed by atoms with Gasteiger partial charge in [-0.1, -0.05) is 84.8 Å². The van der Waals surface area contributed by atoms with E-state index < -0.39 is 28.5 Å². The quantitative estimate of drug-likeness (QED) is 0.161. The average Bonchev–Trinajstić information content (AvgIpc) is 3.05. The van der Waals surface area contributed by atoms with E-state index in [2.05, 4.69) is 5.32 Å². The molecule has 0 radical (unpaired) electrons. The molecule has 2 amide bonds. The summed E-state index contributed by atoms with van der Waals surface area (Å²) in [5.41, 5.74) is 4.14. The molecule has 1 unspecified atom stereocenters. The highest BCUT2D eigenvalue weighted by molar-refractivity contribution is 7.98. The molecular formula is C36H41N3O4S2. The number of hydrogen-bond donors (Lipinski definition) is 1. The summed E-state index contributed by atoms with van der Waals surface area (Å²) in [5, 5.41) is 2.97. The fourth-order valence-electron chi connectivity index (χ4n) is 4.92. The lowest BCUT2D eigenvalue weighted by atomic mass is 10.0. The topological polar surface area (TPSA) is 86.8 Å². The summed E-state index contributed by atoms with van der Waals surface area (Å²) >= 11 is 1.52. The highest BCUT2D eigenvalue weighted by Gasteiger charge is 2.34. The third kappa shape index (κ3) is 8.99. The molecule has 0 saturated carbocycles. The van der Waals surface area contributed by atoms with Crippen LogP contribution in [0, 0.1) is 13.8 Å². The number of hydrogen-bond acceptors (Lipinski definition) is 5. The first-order valence-corrected chi connectivity index (χ1v) is 17.7. The number of amides is 2. The molecule has 0 bridgehead atoms. The van der Waals surface area contributed by atoms with Gasteiger partial charge in [-0.25, -0.2) is 8.42 Å². The lowest BCUT2D eigenvalue weighted by molar-refractivity contribution is -0.140. The van der Waals surface area contributed by atoms with Gasteiger partial charge >= 0.3 is 0 Å². The van der Waals surface area contributed by atoms with Crippen LogP contribution in [-0.2, 0) is 32.6 Å². The molecule has 0 heterocycles. The number of aryl methyl sites for hydroxylation is 2. The van der Waals surface area contributed by atoms with Crippen molar-refractivity contribution in [3.8, 4) is 0 Å². The van der Waals surface area contributed by atoms with Crippen LogP contribution in [0.15, 0.2) is 113 Å². The van der Waals surface area contributed by atoms with Crippen LogP contribution < -0.4 is 9.62 Å². The van der Waals surface area contributed by atoms with Crippen LogP contribution in [0.2, 0.25) is 0 Å². The number of carbonyl (C=O) groups is 2. The fraction of sp³-hybridized carbons (Fsp3) is 0.278. The van der Waals surface area contributed by atoms with Crippen molar-refractivity contribution in [2.75, 3.05) is 23.7 Å². The maximum absolute atomic E-state index is 14.5. The summed E-state index contributed by atoms with van der Waals surface area (Å²) in [6, 6.07) is 30.2. The minimum atomic E-state index is -4.14. The maximum atomic E-state index is 14.5. The van der Waals surface area contributed by atoms with Crippen LogP contribution in [0.25, 0.3) is 0 Å². The van der Waals surface area contributed by atoms with Gasteiger partial charge in [0.15, 0.2) is 0 Å². The molecular weight excluding hydrogens is 603 g/mol. The van der Waals surface area contributed by atoms with Crippen molar-refractivity contribution in [3.63, 3.8) is 0 Å². The molecule has 45 heavy (non-hydrogen) atoms. The summed E-state index contributed by atoms with van der Waals surface area (Å²) in [4.78, 5) is 30.8. The number of benzene rings is 4. The van der Waals surface area contributed by atoms with Crippen molar-refractivity contribution < 1.29 is 18.0 Å². The first-order chi connectivity index (χ1) is 21.6. The van der Waals surface area contributed by atoms with Crippen molar-refractivity contribution in [2.45, 2.75) is 56.0 Å². The van der Waals surface area contributed by atoms with Crippen LogP contribution in [0.5, 0.6) is 0 Å². The van der Waals surface area contributed by atoms with Gasteiger partial charge in [0.1, 0.15) is 12.6 Å². The van der Waals surface area contributed by atoms with E-state index in [1.54, 1.807) is 36.4 Å². The zero-order valence-corrected chi connectivity index (χ0v) is 27.9. The second kappa shape index (κ2) is 15.8. The summed E-state index contributed by atoms with van der Waals surface area (Å²) in [6.45, 7) is 6.00. The molecule has 9 heteroatoms. The number of nitrogens with zero attached hydrogens (tertiary/aromatic N) is 2. The minimum Gasteiger partial charge on any atom is -0.354 e. The SMILES string of the molecule is CCCNC(=O)C(Cc1ccccc1)N(Cc1ccc(C)cc1)C(=O)CN(c1ccc(C)cc1)S(=O)(=O)c1ccc(SC)cc1. The van der Waals surface area contributed by atoms with Crippen LogP contribution >= 0.6 is 11.8 Å². The van der Waals surface area contributed by atoms with E-state index >= 15 is 0 Å². The number of nitrogens with one attached hydrogen (secondary N) is 1. The van der Waals surface area contributed by atoms with Gasteiger partial charge in [0.2, 0.25) is 11.8 Å². The first kappa shape index (κ1) is 33.8. The lowest BCUT2D eigenvalue weighted by Gasteiger charge is -2.34. The van der Waals surface area contributed by atoms with Gasteiger partial charge in [-0.3, -0.25) is 13.9 Å². The minimum absolute atomic E-state index is 0.0836. The highest BCUT2D eigenvalue weighted by atomic mass is 32.2. The van der Waals surface area contributed by atoms with Gasteiger partial charge in [0, 0.05) is 24.4 Å². The Bertz CT molecular complexity index is 1660. The molecule has 7 nitrogen and oxygen atoms in total. The lowest BCUT2D eigenvalue weighted by Crippen LogP contribution is -2.53. The number of thioether (sulfide) groups is 1. The molecule has 236 valence electrons. The van der Waals surface area contributed by atoms with Crippen LogP contribution in [0.3, 0.4) is 0 Å². The Morgan fingerprint density at radius 1 is 0.800 bits per heavy atom. The van der Waals surface area contributed by atoms with Crippen LogP contribution in [0.4, 0.5) is 5.69 Å². The van der Waals surface area contributed by atoms with Crippen molar-refractivity contribution >= 4 is 39.3 Å². The van der Waals surface area contributed by atoms with Gasteiger partial charge < -0.3 is 10.2 Å². The van der Waals surface area contributed by atoms with E-state index in [4.69, 9.17) is 0 Å². The van der Waals surface area contributed by atoms with Crippen LogP contribution in [-0.4, -0.2) is 50.5 Å². The Labute approximate surface area is 271 Å².